The summed E-state index contributed by atoms with van der Waals surface area (Å²) >= 11 is 2.00. The van der Waals surface area contributed by atoms with E-state index in [4.69, 9.17) is 10.5 Å². The minimum atomic E-state index is -0.790. The van der Waals surface area contributed by atoms with Crippen LogP contribution < -0.4 is 16.6 Å². The second kappa shape index (κ2) is 8.60. The van der Waals surface area contributed by atoms with Gasteiger partial charge in [0.05, 0.1) is 29.6 Å². The molecule has 0 radical (unpaired) electrons. The van der Waals surface area contributed by atoms with Crippen LogP contribution in [0.2, 0.25) is 0 Å². The summed E-state index contributed by atoms with van der Waals surface area (Å²) in [7, 11) is 0. The quantitative estimate of drug-likeness (QED) is 0.432. The number of amides is 1. The fourth-order valence-corrected chi connectivity index (χ4v) is 4.59. The van der Waals surface area contributed by atoms with Crippen LogP contribution in [-0.2, 0) is 16.1 Å². The number of hydrogen-bond acceptors (Lipinski definition) is 5. The molecule has 9 heteroatoms. The number of rotatable bonds is 6. The van der Waals surface area contributed by atoms with Gasteiger partial charge in [-0.15, -0.1) is 0 Å². The predicted octanol–water partition coefficient (Wildman–Crippen LogP) is 3.57. The van der Waals surface area contributed by atoms with Crippen molar-refractivity contribution in [1.29, 1.82) is 0 Å². The van der Waals surface area contributed by atoms with Crippen molar-refractivity contribution in [2.24, 2.45) is 11.7 Å². The molecule has 164 valence electrons. The lowest BCUT2D eigenvalue weighted by atomic mass is 9.86. The number of fused-ring (bicyclic) bond motifs is 1. The van der Waals surface area contributed by atoms with Crippen molar-refractivity contribution < 1.29 is 18.7 Å². The maximum absolute atomic E-state index is 14.5. The van der Waals surface area contributed by atoms with Crippen LogP contribution in [0.5, 0.6) is 0 Å². The lowest BCUT2D eigenvalue weighted by molar-refractivity contribution is -0.119. The van der Waals surface area contributed by atoms with Gasteiger partial charge in [0.1, 0.15) is 11.4 Å². The summed E-state index contributed by atoms with van der Waals surface area (Å²) in [5, 5.41) is 2.92. The topological polar surface area (TPSA) is 103 Å². The maximum Gasteiger partial charge on any atom is 0.342 e. The fourth-order valence-electron chi connectivity index (χ4n) is 4.14. The van der Waals surface area contributed by atoms with Gasteiger partial charge in [-0.05, 0) is 72.9 Å². The van der Waals surface area contributed by atoms with Crippen molar-refractivity contribution in [2.75, 3.05) is 11.9 Å². The number of hydrogen-bond donors (Lipinski definition) is 2. The molecule has 4 rings (SSSR count). The number of anilines is 2. The van der Waals surface area contributed by atoms with E-state index in [1.54, 1.807) is 13.0 Å². The summed E-state index contributed by atoms with van der Waals surface area (Å²) in [5.74, 6) is -2.25. The zero-order valence-electron chi connectivity index (χ0n) is 17.0. The second-order valence-corrected chi connectivity index (χ2v) is 9.35. The van der Waals surface area contributed by atoms with Gasteiger partial charge in [-0.25, -0.2) is 9.18 Å². The van der Waals surface area contributed by atoms with Crippen LogP contribution in [0.3, 0.4) is 0 Å². The molecule has 1 atom stereocenters. The first-order chi connectivity index (χ1) is 14.8. The molecule has 1 unspecified atom stereocenters. The van der Waals surface area contributed by atoms with E-state index in [1.165, 1.54) is 16.7 Å². The van der Waals surface area contributed by atoms with Gasteiger partial charge >= 0.3 is 5.97 Å². The Morgan fingerprint density at radius 2 is 2.06 bits per heavy atom. The molecular formula is C22H23FIN3O4. The number of esters is 1. The van der Waals surface area contributed by atoms with E-state index in [1.807, 2.05) is 22.6 Å². The molecule has 1 aromatic heterocycles. The third kappa shape index (κ3) is 4.07. The van der Waals surface area contributed by atoms with E-state index >= 15 is 0 Å². The molecule has 1 aliphatic heterocycles. The molecule has 7 nitrogen and oxygen atoms in total. The number of aromatic nitrogens is 1. The molecule has 3 N–H and O–H groups in total. The first-order valence-electron chi connectivity index (χ1n) is 10.2. The number of nitrogens with zero attached hydrogens (tertiary/aromatic N) is 1. The van der Waals surface area contributed by atoms with Gasteiger partial charge in [0.2, 0.25) is 5.91 Å². The van der Waals surface area contributed by atoms with E-state index in [0.717, 1.165) is 19.3 Å². The van der Waals surface area contributed by atoms with Gasteiger partial charge in [-0.3, -0.25) is 9.59 Å². The molecule has 2 aliphatic rings. The van der Waals surface area contributed by atoms with Gasteiger partial charge in [0.25, 0.3) is 5.56 Å². The number of ether oxygens (including phenoxy) is 1. The number of benzene rings is 1. The number of nitrogens with one attached hydrogen (secondary N) is 1. The third-order valence-corrected chi connectivity index (χ3v) is 6.79. The number of primary amides is 1. The largest absolute Gasteiger partial charge is 0.462 e. The first kappa shape index (κ1) is 21.8. The third-order valence-electron chi connectivity index (χ3n) is 6.12. The summed E-state index contributed by atoms with van der Waals surface area (Å²) < 4.78 is 22.2. The van der Waals surface area contributed by atoms with Crippen molar-refractivity contribution >= 4 is 45.8 Å². The fraction of sp³-hybridized carbons (Fsp3) is 0.409. The van der Waals surface area contributed by atoms with Crippen LogP contribution in [0.15, 0.2) is 23.0 Å². The zero-order chi connectivity index (χ0) is 22.3. The van der Waals surface area contributed by atoms with E-state index in [0.29, 0.717) is 15.9 Å². The van der Waals surface area contributed by atoms with Crippen LogP contribution in [0.1, 0.15) is 53.2 Å². The Balaban J connectivity index is 1.84. The van der Waals surface area contributed by atoms with Gasteiger partial charge in [-0.1, -0.05) is 6.42 Å². The van der Waals surface area contributed by atoms with Crippen LogP contribution in [0, 0.1) is 22.2 Å². The summed E-state index contributed by atoms with van der Waals surface area (Å²) in [4.78, 5) is 38.3. The Morgan fingerprint density at radius 3 is 2.68 bits per heavy atom. The van der Waals surface area contributed by atoms with E-state index in [-0.39, 0.29) is 46.9 Å². The smallest absolute Gasteiger partial charge is 0.342 e. The molecule has 1 aliphatic carbocycles. The molecule has 2 aromatic rings. The van der Waals surface area contributed by atoms with E-state index < -0.39 is 23.6 Å². The lowest BCUT2D eigenvalue weighted by Gasteiger charge is -2.26. The van der Waals surface area contributed by atoms with Crippen molar-refractivity contribution in [3.63, 3.8) is 0 Å². The predicted molar refractivity (Wildman–Crippen MR) is 122 cm³/mol. The average molecular weight is 539 g/mol. The minimum absolute atomic E-state index is 0.0793. The van der Waals surface area contributed by atoms with Gasteiger partial charge < -0.3 is 20.4 Å². The maximum atomic E-state index is 14.5. The minimum Gasteiger partial charge on any atom is -0.462 e. The van der Waals surface area contributed by atoms with Crippen LogP contribution in [0.25, 0.3) is 0 Å². The van der Waals surface area contributed by atoms with Crippen molar-refractivity contribution in [3.05, 3.63) is 54.8 Å². The molecule has 1 fully saturated rings. The Hall–Kier alpha value is -2.43. The zero-order valence-corrected chi connectivity index (χ0v) is 19.2. The highest BCUT2D eigenvalue weighted by Crippen LogP contribution is 2.37. The van der Waals surface area contributed by atoms with Crippen molar-refractivity contribution in [1.82, 2.24) is 4.57 Å². The molecular weight excluding hydrogens is 516 g/mol. The van der Waals surface area contributed by atoms with Gasteiger partial charge in [-0.2, -0.15) is 0 Å². The standard InChI is InChI=1S/C22H23FIN3O4/c1-11-18(26-16-6-5-13(24)9-15(16)23)17(22(30)31-10-12-3-2-4-12)19-14(20(25)28)7-8-27(19)21(11)29/h5-6,9,12,14,26H,2-4,7-8,10H2,1H3,(H2,25,28). The van der Waals surface area contributed by atoms with Crippen LogP contribution in [-0.4, -0.2) is 23.1 Å². The highest BCUT2D eigenvalue weighted by atomic mass is 127. The molecule has 2 heterocycles. The Labute approximate surface area is 192 Å². The molecule has 31 heavy (non-hydrogen) atoms. The van der Waals surface area contributed by atoms with Gasteiger partial charge in [0.15, 0.2) is 0 Å². The molecule has 1 aromatic carbocycles. The van der Waals surface area contributed by atoms with Crippen LogP contribution in [0.4, 0.5) is 15.8 Å². The normalized spacial score (nSPS) is 17.7. The summed E-state index contributed by atoms with van der Waals surface area (Å²) in [5.41, 5.74) is 6.09. The van der Waals surface area contributed by atoms with Crippen molar-refractivity contribution in [2.45, 2.75) is 45.1 Å². The molecule has 0 spiro atoms. The number of pyridine rings is 1. The first-order valence-corrected chi connectivity index (χ1v) is 11.3. The van der Waals surface area contributed by atoms with Crippen LogP contribution >= 0.6 is 22.6 Å². The highest BCUT2D eigenvalue weighted by molar-refractivity contribution is 14.1. The van der Waals surface area contributed by atoms with Gasteiger partial charge in [0, 0.05) is 15.7 Å². The average Bonchev–Trinajstić information content (AvgIpc) is 3.11. The molecule has 0 bridgehead atoms. The SMILES string of the molecule is Cc1c(Nc2ccc(I)cc2F)c(C(=O)OCC2CCC2)c2n(c1=O)CCC2C(N)=O. The summed E-state index contributed by atoms with van der Waals surface area (Å²) in [6.45, 7) is 2.13. The Kier molecular flexibility index (Phi) is 6.05. The number of halogens is 2. The number of carbonyl (C=O) groups excluding carboxylic acids is 2. The summed E-state index contributed by atoms with van der Waals surface area (Å²) in [6.07, 6.45) is 3.44. The monoisotopic (exact) mass is 539 g/mol. The Bertz CT molecular complexity index is 1130. The summed E-state index contributed by atoms with van der Waals surface area (Å²) in [6, 6.07) is 4.60. The molecule has 1 saturated carbocycles. The Morgan fingerprint density at radius 1 is 1.32 bits per heavy atom. The molecule has 1 amide bonds. The van der Waals surface area contributed by atoms with Crippen molar-refractivity contribution in [3.8, 4) is 0 Å². The lowest BCUT2D eigenvalue weighted by Crippen LogP contribution is -2.30. The number of nitrogens with two attached hydrogens (primary N) is 1. The highest BCUT2D eigenvalue weighted by Gasteiger charge is 2.37. The molecule has 0 saturated heterocycles. The second-order valence-electron chi connectivity index (χ2n) is 8.11. The van der Waals surface area contributed by atoms with E-state index in [2.05, 4.69) is 5.32 Å². The number of carbonyl (C=O) groups is 2. The van der Waals surface area contributed by atoms with E-state index in [9.17, 15) is 18.8 Å².